The highest BCUT2D eigenvalue weighted by atomic mass is 16.4. The largest absolute Gasteiger partial charge is 0.481 e. The maximum atomic E-state index is 11.8. The molecule has 0 aliphatic carbocycles. The summed E-state index contributed by atoms with van der Waals surface area (Å²) >= 11 is 0. The Kier molecular flexibility index (Phi) is 22.9. The third-order valence-electron chi connectivity index (χ3n) is 5.82. The smallest absolute Gasteiger partial charge is 0.303 e. The van der Waals surface area contributed by atoms with Crippen molar-refractivity contribution in [3.63, 3.8) is 0 Å². The highest BCUT2D eigenvalue weighted by molar-refractivity contribution is 5.77. The Labute approximate surface area is 196 Å². The first-order valence-corrected chi connectivity index (χ1v) is 13.3. The zero-order valence-electron chi connectivity index (χ0n) is 20.7. The Hall–Kier alpha value is -1.59. The van der Waals surface area contributed by atoms with Gasteiger partial charge < -0.3 is 15.7 Å². The summed E-state index contributed by atoms with van der Waals surface area (Å²) in [6, 6.07) is 0. The minimum atomic E-state index is -0.709. The Balaban J connectivity index is 3.31. The molecule has 0 aromatic heterocycles. The van der Waals surface area contributed by atoms with Gasteiger partial charge in [-0.25, -0.2) is 0 Å². The Morgan fingerprint density at radius 3 is 1.16 bits per heavy atom. The summed E-state index contributed by atoms with van der Waals surface area (Å²) < 4.78 is 0. The Morgan fingerprint density at radius 2 is 0.812 bits per heavy atom. The molecule has 0 unspecified atom stereocenters. The van der Waals surface area contributed by atoms with Gasteiger partial charge in [-0.3, -0.25) is 14.4 Å². The normalized spacial score (nSPS) is 10.8. The Morgan fingerprint density at radius 1 is 0.500 bits per heavy atom. The number of carbonyl (C=O) groups is 3. The number of rotatable bonds is 24. The SMILES string of the molecule is CCCCCCCCCCCC(=O)NCCNC(=O)CCCCCCCCCCC(=O)O. The molecule has 0 saturated heterocycles. The number of aliphatic carboxylic acids is 1. The molecule has 32 heavy (non-hydrogen) atoms. The molecule has 0 heterocycles. The Bertz CT molecular complexity index is 469. The van der Waals surface area contributed by atoms with Crippen LogP contribution in [0.25, 0.3) is 0 Å². The first-order valence-electron chi connectivity index (χ1n) is 13.3. The van der Waals surface area contributed by atoms with Gasteiger partial charge in [0.1, 0.15) is 0 Å². The van der Waals surface area contributed by atoms with Crippen LogP contribution in [-0.4, -0.2) is 36.0 Å². The summed E-state index contributed by atoms with van der Waals surface area (Å²) in [6.07, 6.45) is 20.9. The van der Waals surface area contributed by atoms with Crippen LogP contribution in [0.2, 0.25) is 0 Å². The van der Waals surface area contributed by atoms with Gasteiger partial charge in [0.25, 0.3) is 0 Å². The quantitative estimate of drug-likeness (QED) is 0.153. The average Bonchev–Trinajstić information content (AvgIpc) is 2.76. The van der Waals surface area contributed by atoms with Crippen molar-refractivity contribution in [2.75, 3.05) is 13.1 Å². The number of carbonyl (C=O) groups excluding carboxylic acids is 2. The van der Waals surface area contributed by atoms with E-state index in [2.05, 4.69) is 17.6 Å². The monoisotopic (exact) mass is 454 g/mol. The molecule has 0 aliphatic rings. The number of hydrogen-bond donors (Lipinski definition) is 3. The number of carboxylic acids is 1. The van der Waals surface area contributed by atoms with Crippen LogP contribution in [0.15, 0.2) is 0 Å². The molecule has 0 aromatic carbocycles. The molecule has 0 bridgehead atoms. The van der Waals surface area contributed by atoms with Crippen LogP contribution in [-0.2, 0) is 14.4 Å². The maximum absolute atomic E-state index is 11.8. The van der Waals surface area contributed by atoms with Gasteiger partial charge in [-0.15, -0.1) is 0 Å². The second-order valence-electron chi connectivity index (χ2n) is 9.00. The van der Waals surface area contributed by atoms with E-state index in [1.807, 2.05) is 0 Å². The minimum absolute atomic E-state index is 0.0619. The summed E-state index contributed by atoms with van der Waals surface area (Å²) in [5, 5.41) is 14.3. The molecule has 0 radical (unpaired) electrons. The van der Waals surface area contributed by atoms with Crippen molar-refractivity contribution >= 4 is 17.8 Å². The van der Waals surface area contributed by atoms with Gasteiger partial charge in [0.15, 0.2) is 0 Å². The van der Waals surface area contributed by atoms with Gasteiger partial charge in [-0.2, -0.15) is 0 Å². The van der Waals surface area contributed by atoms with E-state index >= 15 is 0 Å². The fourth-order valence-electron chi connectivity index (χ4n) is 3.80. The van der Waals surface area contributed by atoms with Gasteiger partial charge >= 0.3 is 5.97 Å². The zero-order chi connectivity index (χ0) is 23.7. The van der Waals surface area contributed by atoms with E-state index < -0.39 is 5.97 Å². The van der Waals surface area contributed by atoms with E-state index in [9.17, 15) is 14.4 Å². The van der Waals surface area contributed by atoms with Crippen LogP contribution in [0.5, 0.6) is 0 Å². The molecule has 0 saturated carbocycles. The molecule has 0 aromatic rings. The number of nitrogens with one attached hydrogen (secondary N) is 2. The highest BCUT2D eigenvalue weighted by Gasteiger charge is 2.03. The molecule has 6 nitrogen and oxygen atoms in total. The van der Waals surface area contributed by atoms with E-state index in [0.29, 0.717) is 25.9 Å². The van der Waals surface area contributed by atoms with Crippen LogP contribution < -0.4 is 10.6 Å². The summed E-state index contributed by atoms with van der Waals surface area (Å²) in [7, 11) is 0. The van der Waals surface area contributed by atoms with Crippen LogP contribution in [0.1, 0.15) is 135 Å². The van der Waals surface area contributed by atoms with Gasteiger partial charge in [0.05, 0.1) is 0 Å². The number of hydrogen-bond acceptors (Lipinski definition) is 3. The molecule has 0 fully saturated rings. The summed E-state index contributed by atoms with van der Waals surface area (Å²) in [4.78, 5) is 34.1. The van der Waals surface area contributed by atoms with E-state index in [0.717, 1.165) is 64.2 Å². The molecule has 3 N–H and O–H groups in total. The van der Waals surface area contributed by atoms with Crippen LogP contribution in [0.4, 0.5) is 0 Å². The van der Waals surface area contributed by atoms with Crippen molar-refractivity contribution in [2.24, 2.45) is 0 Å². The first-order chi connectivity index (χ1) is 15.6. The minimum Gasteiger partial charge on any atom is -0.481 e. The van der Waals surface area contributed by atoms with Gasteiger partial charge in [-0.05, 0) is 19.3 Å². The standard InChI is InChI=1S/C26H50N2O4/c1-2-3-4-5-6-7-10-13-16-19-24(29)27-22-23-28-25(30)20-17-14-11-8-9-12-15-18-21-26(31)32/h2-23H2,1H3,(H,27,29)(H,28,30)(H,31,32). The summed E-state index contributed by atoms with van der Waals surface area (Å²) in [5.74, 6) is -0.559. The topological polar surface area (TPSA) is 95.5 Å². The van der Waals surface area contributed by atoms with Gasteiger partial charge in [0.2, 0.25) is 11.8 Å². The number of unbranched alkanes of at least 4 members (excludes halogenated alkanes) is 15. The van der Waals surface area contributed by atoms with Gasteiger partial charge in [-0.1, -0.05) is 96.8 Å². The van der Waals surface area contributed by atoms with E-state index in [1.54, 1.807) is 0 Å². The zero-order valence-corrected chi connectivity index (χ0v) is 20.7. The van der Waals surface area contributed by atoms with Crippen LogP contribution in [0.3, 0.4) is 0 Å². The molecular formula is C26H50N2O4. The van der Waals surface area contributed by atoms with E-state index in [-0.39, 0.29) is 18.2 Å². The van der Waals surface area contributed by atoms with Crippen molar-refractivity contribution in [3.05, 3.63) is 0 Å². The third kappa shape index (κ3) is 24.7. The van der Waals surface area contributed by atoms with Crippen molar-refractivity contribution < 1.29 is 19.5 Å². The molecule has 0 rings (SSSR count). The van der Waals surface area contributed by atoms with E-state index in [4.69, 9.17) is 5.11 Å². The van der Waals surface area contributed by atoms with E-state index in [1.165, 1.54) is 44.9 Å². The molecule has 6 heteroatoms. The first kappa shape index (κ1) is 30.4. The van der Waals surface area contributed by atoms with Crippen LogP contribution in [0, 0.1) is 0 Å². The molecular weight excluding hydrogens is 404 g/mol. The molecule has 188 valence electrons. The summed E-state index contributed by atoms with van der Waals surface area (Å²) in [5.41, 5.74) is 0. The lowest BCUT2D eigenvalue weighted by Crippen LogP contribution is -2.34. The second-order valence-corrected chi connectivity index (χ2v) is 9.00. The fraction of sp³-hybridized carbons (Fsp3) is 0.885. The lowest BCUT2D eigenvalue weighted by Gasteiger charge is -2.07. The van der Waals surface area contributed by atoms with Crippen molar-refractivity contribution in [2.45, 2.75) is 135 Å². The fourth-order valence-corrected chi connectivity index (χ4v) is 3.80. The maximum Gasteiger partial charge on any atom is 0.303 e. The molecule has 0 atom stereocenters. The molecule has 0 aliphatic heterocycles. The second kappa shape index (κ2) is 24.1. The number of amides is 2. The van der Waals surface area contributed by atoms with Crippen molar-refractivity contribution in [1.82, 2.24) is 10.6 Å². The van der Waals surface area contributed by atoms with Crippen molar-refractivity contribution in [1.29, 1.82) is 0 Å². The molecule has 2 amide bonds. The lowest BCUT2D eigenvalue weighted by molar-refractivity contribution is -0.137. The predicted octanol–water partition coefficient (Wildman–Crippen LogP) is 6.13. The summed E-state index contributed by atoms with van der Waals surface area (Å²) in [6.45, 7) is 3.24. The molecule has 0 spiro atoms. The number of carboxylic acid groups (broad SMARTS) is 1. The highest BCUT2D eigenvalue weighted by Crippen LogP contribution is 2.11. The van der Waals surface area contributed by atoms with Crippen LogP contribution >= 0.6 is 0 Å². The third-order valence-corrected chi connectivity index (χ3v) is 5.82. The van der Waals surface area contributed by atoms with Crippen molar-refractivity contribution in [3.8, 4) is 0 Å². The predicted molar refractivity (Wildman–Crippen MR) is 132 cm³/mol. The lowest BCUT2D eigenvalue weighted by atomic mass is 10.1. The average molecular weight is 455 g/mol. The van der Waals surface area contributed by atoms with Gasteiger partial charge in [0, 0.05) is 32.4 Å².